The van der Waals surface area contributed by atoms with Crippen molar-refractivity contribution in [1.29, 1.82) is 0 Å². The number of amides is 2. The molecule has 148 valence electrons. The van der Waals surface area contributed by atoms with Gasteiger partial charge < -0.3 is 15.4 Å². The standard InChI is InChI=1S/C22H26N2O4/c1-6-28-19(25)16-10-12-17(13-11-16)23-20(26)22(4,5)21(27)24-18-9-7-8-14(2)15(18)3/h7-13H,6H2,1-5H3,(H,23,26)(H,24,27). The summed E-state index contributed by atoms with van der Waals surface area (Å²) >= 11 is 0. The molecule has 0 unspecified atom stereocenters. The van der Waals surface area contributed by atoms with Crippen LogP contribution in [0.1, 0.15) is 42.3 Å². The maximum absolute atomic E-state index is 12.7. The van der Waals surface area contributed by atoms with Crippen LogP contribution in [0.3, 0.4) is 0 Å². The third-order valence-corrected chi connectivity index (χ3v) is 4.64. The SMILES string of the molecule is CCOC(=O)c1ccc(NC(=O)C(C)(C)C(=O)Nc2cccc(C)c2C)cc1. The van der Waals surface area contributed by atoms with Gasteiger partial charge in [0.2, 0.25) is 11.8 Å². The van der Waals surface area contributed by atoms with E-state index in [1.165, 1.54) is 0 Å². The summed E-state index contributed by atoms with van der Waals surface area (Å²) in [5.41, 5.74) is 2.29. The second kappa shape index (κ2) is 8.69. The Labute approximate surface area is 165 Å². The van der Waals surface area contributed by atoms with Crippen LogP contribution in [0, 0.1) is 19.3 Å². The van der Waals surface area contributed by atoms with Crippen molar-refractivity contribution in [3.63, 3.8) is 0 Å². The van der Waals surface area contributed by atoms with Gasteiger partial charge in [-0.15, -0.1) is 0 Å². The Morgan fingerprint density at radius 2 is 1.54 bits per heavy atom. The number of benzene rings is 2. The van der Waals surface area contributed by atoms with Crippen LogP contribution in [0.25, 0.3) is 0 Å². The molecule has 2 aromatic rings. The number of rotatable bonds is 6. The average Bonchev–Trinajstić information content (AvgIpc) is 2.66. The molecule has 0 saturated carbocycles. The third kappa shape index (κ3) is 4.76. The molecule has 0 aromatic heterocycles. The number of ether oxygens (including phenoxy) is 1. The van der Waals surface area contributed by atoms with Crippen LogP contribution < -0.4 is 10.6 Å². The van der Waals surface area contributed by atoms with E-state index in [-0.39, 0.29) is 0 Å². The Hall–Kier alpha value is -3.15. The molecule has 0 bridgehead atoms. The number of aryl methyl sites for hydroxylation is 1. The molecular formula is C22H26N2O4. The third-order valence-electron chi connectivity index (χ3n) is 4.64. The van der Waals surface area contributed by atoms with Crippen molar-refractivity contribution >= 4 is 29.2 Å². The minimum absolute atomic E-state index is 0.293. The quantitative estimate of drug-likeness (QED) is 0.582. The number of hydrogen-bond donors (Lipinski definition) is 2. The normalized spacial score (nSPS) is 10.9. The number of nitrogens with one attached hydrogen (secondary N) is 2. The lowest BCUT2D eigenvalue weighted by Gasteiger charge is -2.23. The van der Waals surface area contributed by atoms with E-state index in [2.05, 4.69) is 10.6 Å². The van der Waals surface area contributed by atoms with Crippen LogP contribution in [-0.2, 0) is 14.3 Å². The summed E-state index contributed by atoms with van der Waals surface area (Å²) in [6.45, 7) is 9.04. The van der Waals surface area contributed by atoms with Crippen LogP contribution in [0.15, 0.2) is 42.5 Å². The van der Waals surface area contributed by atoms with Gasteiger partial charge in [0.05, 0.1) is 12.2 Å². The van der Waals surface area contributed by atoms with E-state index in [9.17, 15) is 14.4 Å². The Morgan fingerprint density at radius 1 is 0.929 bits per heavy atom. The van der Waals surface area contributed by atoms with Gasteiger partial charge in [0.1, 0.15) is 5.41 Å². The molecule has 0 aliphatic heterocycles. The molecule has 2 rings (SSSR count). The monoisotopic (exact) mass is 382 g/mol. The predicted molar refractivity (Wildman–Crippen MR) is 109 cm³/mol. The minimum atomic E-state index is -1.30. The summed E-state index contributed by atoms with van der Waals surface area (Å²) in [7, 11) is 0. The molecule has 0 aliphatic carbocycles. The number of carbonyl (C=O) groups is 3. The molecule has 2 N–H and O–H groups in total. The smallest absolute Gasteiger partial charge is 0.338 e. The molecule has 6 nitrogen and oxygen atoms in total. The first-order valence-corrected chi connectivity index (χ1v) is 9.13. The van der Waals surface area contributed by atoms with Gasteiger partial charge in [-0.3, -0.25) is 9.59 Å². The lowest BCUT2D eigenvalue weighted by atomic mass is 9.90. The summed E-state index contributed by atoms with van der Waals surface area (Å²) in [4.78, 5) is 37.1. The van der Waals surface area contributed by atoms with Gasteiger partial charge >= 0.3 is 5.97 Å². The predicted octanol–water partition coefficient (Wildman–Crippen LogP) is 4.08. The topological polar surface area (TPSA) is 84.5 Å². The molecule has 28 heavy (non-hydrogen) atoms. The number of esters is 1. The van der Waals surface area contributed by atoms with Crippen molar-refractivity contribution in [3.8, 4) is 0 Å². The van der Waals surface area contributed by atoms with E-state index in [1.807, 2.05) is 32.0 Å². The molecule has 2 aromatic carbocycles. The summed E-state index contributed by atoms with van der Waals surface area (Å²) in [6, 6.07) is 12.0. The van der Waals surface area contributed by atoms with Crippen LogP contribution >= 0.6 is 0 Å². The molecule has 0 heterocycles. The van der Waals surface area contributed by atoms with Gasteiger partial charge in [0.25, 0.3) is 0 Å². The van der Waals surface area contributed by atoms with Crippen molar-refractivity contribution in [2.75, 3.05) is 17.2 Å². The van der Waals surface area contributed by atoms with Crippen LogP contribution in [0.4, 0.5) is 11.4 Å². The molecule has 0 saturated heterocycles. The first-order valence-electron chi connectivity index (χ1n) is 9.13. The van der Waals surface area contributed by atoms with E-state index >= 15 is 0 Å². The fraction of sp³-hybridized carbons (Fsp3) is 0.318. The maximum atomic E-state index is 12.7. The van der Waals surface area contributed by atoms with Gasteiger partial charge in [-0.25, -0.2) is 4.79 Å². The van der Waals surface area contributed by atoms with E-state index in [1.54, 1.807) is 45.0 Å². The van der Waals surface area contributed by atoms with E-state index in [0.717, 1.165) is 11.1 Å². The van der Waals surface area contributed by atoms with Crippen molar-refractivity contribution in [1.82, 2.24) is 0 Å². The Bertz CT molecular complexity index is 886. The molecular weight excluding hydrogens is 356 g/mol. The largest absolute Gasteiger partial charge is 0.462 e. The molecule has 0 atom stereocenters. The van der Waals surface area contributed by atoms with Crippen molar-refractivity contribution in [2.45, 2.75) is 34.6 Å². The van der Waals surface area contributed by atoms with E-state index in [4.69, 9.17) is 4.74 Å². The highest BCUT2D eigenvalue weighted by Crippen LogP contribution is 2.24. The van der Waals surface area contributed by atoms with Crippen molar-refractivity contribution in [2.24, 2.45) is 5.41 Å². The lowest BCUT2D eigenvalue weighted by molar-refractivity contribution is -0.135. The first-order chi connectivity index (χ1) is 13.2. The van der Waals surface area contributed by atoms with Gasteiger partial charge in [0.15, 0.2) is 0 Å². The maximum Gasteiger partial charge on any atom is 0.338 e. The molecule has 2 amide bonds. The van der Waals surface area contributed by atoms with E-state index < -0.39 is 23.2 Å². The van der Waals surface area contributed by atoms with Crippen molar-refractivity contribution in [3.05, 3.63) is 59.2 Å². The highest BCUT2D eigenvalue weighted by atomic mass is 16.5. The minimum Gasteiger partial charge on any atom is -0.462 e. The lowest BCUT2D eigenvalue weighted by Crippen LogP contribution is -2.41. The molecule has 6 heteroatoms. The molecule has 0 radical (unpaired) electrons. The average molecular weight is 382 g/mol. The number of carbonyl (C=O) groups excluding carboxylic acids is 3. The summed E-state index contributed by atoms with van der Waals surface area (Å²) in [5.74, 6) is -1.27. The fourth-order valence-electron chi connectivity index (χ4n) is 2.46. The first kappa shape index (κ1) is 21.2. The van der Waals surface area contributed by atoms with Crippen LogP contribution in [-0.4, -0.2) is 24.4 Å². The summed E-state index contributed by atoms with van der Waals surface area (Å²) < 4.78 is 4.93. The second-order valence-corrected chi connectivity index (χ2v) is 7.08. The number of hydrogen-bond acceptors (Lipinski definition) is 4. The summed E-state index contributed by atoms with van der Waals surface area (Å²) in [5, 5.41) is 5.56. The van der Waals surface area contributed by atoms with E-state index in [0.29, 0.717) is 23.5 Å². The zero-order valence-electron chi connectivity index (χ0n) is 16.9. The Kier molecular flexibility index (Phi) is 6.57. The van der Waals surface area contributed by atoms with Crippen LogP contribution in [0.2, 0.25) is 0 Å². The van der Waals surface area contributed by atoms with Gasteiger partial charge in [-0.1, -0.05) is 12.1 Å². The van der Waals surface area contributed by atoms with Crippen molar-refractivity contribution < 1.29 is 19.1 Å². The Morgan fingerprint density at radius 3 is 2.14 bits per heavy atom. The zero-order valence-corrected chi connectivity index (χ0v) is 16.9. The molecule has 0 fully saturated rings. The molecule has 0 aliphatic rings. The zero-order chi connectivity index (χ0) is 20.9. The van der Waals surface area contributed by atoms with Crippen LogP contribution in [0.5, 0.6) is 0 Å². The highest BCUT2D eigenvalue weighted by Gasteiger charge is 2.36. The summed E-state index contributed by atoms with van der Waals surface area (Å²) in [6.07, 6.45) is 0. The number of anilines is 2. The van der Waals surface area contributed by atoms with Gasteiger partial charge in [0, 0.05) is 11.4 Å². The van der Waals surface area contributed by atoms with Gasteiger partial charge in [-0.05, 0) is 76.1 Å². The fourth-order valence-corrected chi connectivity index (χ4v) is 2.46. The Balaban J connectivity index is 2.08. The molecule has 0 spiro atoms. The highest BCUT2D eigenvalue weighted by molar-refractivity contribution is 6.14. The van der Waals surface area contributed by atoms with Gasteiger partial charge in [-0.2, -0.15) is 0 Å². The second-order valence-electron chi connectivity index (χ2n) is 7.08.